The van der Waals surface area contributed by atoms with Gasteiger partial charge in [-0.25, -0.2) is 0 Å². The fourth-order valence-corrected chi connectivity index (χ4v) is 1.66. The quantitative estimate of drug-likeness (QED) is 0.574. The molecule has 0 amide bonds. The number of nitrogens with zero attached hydrogens (tertiary/aromatic N) is 1. The van der Waals surface area contributed by atoms with Crippen molar-refractivity contribution in [2.24, 2.45) is 0 Å². The number of likely N-dealkylation sites (N-methyl/N-ethyl adjacent to an activating group) is 1. The first-order valence-electron chi connectivity index (χ1n) is 4.04. The van der Waals surface area contributed by atoms with Gasteiger partial charge in [0.25, 0.3) is 0 Å². The summed E-state index contributed by atoms with van der Waals surface area (Å²) in [4.78, 5) is 2.45. The minimum Gasteiger partial charge on any atom is -0.380 e. The van der Waals surface area contributed by atoms with Crippen molar-refractivity contribution in [2.75, 3.05) is 20.2 Å². The number of hydrogen-bond acceptors (Lipinski definition) is 2. The third kappa shape index (κ3) is 1.50. The van der Waals surface area contributed by atoms with Gasteiger partial charge in [0.2, 0.25) is 0 Å². The summed E-state index contributed by atoms with van der Waals surface area (Å²) in [5.41, 5.74) is 0. The molecular formula is C8H17NO. The Kier molecular flexibility index (Phi) is 2.69. The van der Waals surface area contributed by atoms with Crippen LogP contribution >= 0.6 is 0 Å². The Morgan fingerprint density at radius 3 is 2.60 bits per heavy atom. The van der Waals surface area contributed by atoms with Gasteiger partial charge >= 0.3 is 0 Å². The van der Waals surface area contributed by atoms with Crippen LogP contribution in [0.3, 0.4) is 0 Å². The molecule has 1 heterocycles. The first-order valence-corrected chi connectivity index (χ1v) is 4.04. The molecule has 0 aromatic carbocycles. The van der Waals surface area contributed by atoms with Crippen LogP contribution in [0.15, 0.2) is 0 Å². The summed E-state index contributed by atoms with van der Waals surface area (Å²) >= 11 is 0. The summed E-state index contributed by atoms with van der Waals surface area (Å²) < 4.78 is 5.27. The maximum absolute atomic E-state index is 5.27. The Bertz CT molecular complexity index is 105. The highest BCUT2D eigenvalue weighted by atomic mass is 16.5. The van der Waals surface area contributed by atoms with E-state index in [9.17, 15) is 0 Å². The van der Waals surface area contributed by atoms with E-state index in [4.69, 9.17) is 4.74 Å². The van der Waals surface area contributed by atoms with Crippen molar-refractivity contribution in [1.82, 2.24) is 4.90 Å². The summed E-state index contributed by atoms with van der Waals surface area (Å²) in [5, 5.41) is 0. The lowest BCUT2D eigenvalue weighted by Gasteiger charge is -2.17. The van der Waals surface area contributed by atoms with E-state index >= 15 is 0 Å². The molecule has 0 N–H and O–H groups in total. The van der Waals surface area contributed by atoms with Crippen LogP contribution in [0.5, 0.6) is 0 Å². The number of likely N-dealkylation sites (tertiary alicyclic amines) is 1. The molecule has 2 atom stereocenters. The Labute approximate surface area is 63.2 Å². The minimum absolute atomic E-state index is 0.481. The van der Waals surface area contributed by atoms with E-state index in [-0.39, 0.29) is 0 Å². The van der Waals surface area contributed by atoms with Crippen LogP contribution in [-0.4, -0.2) is 37.2 Å². The minimum atomic E-state index is 0.481. The smallest absolute Gasteiger partial charge is 0.0713 e. The molecule has 2 heteroatoms. The standard InChI is InChI=1S/C8H17NO/c1-4-9-6-8(10-3)5-7(9)2/h7-8H,4-6H2,1-3H3. The monoisotopic (exact) mass is 143 g/mol. The van der Waals surface area contributed by atoms with Gasteiger partial charge in [-0.1, -0.05) is 6.92 Å². The second kappa shape index (κ2) is 3.35. The van der Waals surface area contributed by atoms with Gasteiger partial charge in [0.05, 0.1) is 6.10 Å². The summed E-state index contributed by atoms with van der Waals surface area (Å²) in [6.45, 7) is 6.74. The number of methoxy groups -OCH3 is 1. The number of hydrogen-bond donors (Lipinski definition) is 0. The van der Waals surface area contributed by atoms with Gasteiger partial charge in [0.1, 0.15) is 0 Å². The van der Waals surface area contributed by atoms with Gasteiger partial charge in [0.15, 0.2) is 0 Å². The predicted octanol–water partition coefficient (Wildman–Crippen LogP) is 1.12. The number of rotatable bonds is 2. The molecular weight excluding hydrogens is 126 g/mol. The van der Waals surface area contributed by atoms with Crippen molar-refractivity contribution < 1.29 is 4.74 Å². The molecule has 0 spiro atoms. The zero-order valence-corrected chi connectivity index (χ0v) is 7.13. The predicted molar refractivity (Wildman–Crippen MR) is 42.1 cm³/mol. The van der Waals surface area contributed by atoms with Crippen molar-refractivity contribution in [3.05, 3.63) is 0 Å². The van der Waals surface area contributed by atoms with Crippen LogP contribution in [0.25, 0.3) is 0 Å². The lowest BCUT2D eigenvalue weighted by atomic mass is 10.2. The molecule has 1 fully saturated rings. The fraction of sp³-hybridized carbons (Fsp3) is 1.00. The van der Waals surface area contributed by atoms with Crippen molar-refractivity contribution >= 4 is 0 Å². The molecule has 1 aliphatic heterocycles. The topological polar surface area (TPSA) is 12.5 Å². The third-order valence-electron chi connectivity index (χ3n) is 2.41. The molecule has 10 heavy (non-hydrogen) atoms. The first kappa shape index (κ1) is 8.02. The first-order chi connectivity index (χ1) is 4.77. The van der Waals surface area contributed by atoms with Gasteiger partial charge in [-0.05, 0) is 19.9 Å². The van der Waals surface area contributed by atoms with E-state index in [0.29, 0.717) is 6.10 Å². The Morgan fingerprint density at radius 2 is 2.30 bits per heavy atom. The third-order valence-corrected chi connectivity index (χ3v) is 2.41. The van der Waals surface area contributed by atoms with Crippen molar-refractivity contribution in [1.29, 1.82) is 0 Å². The summed E-state index contributed by atoms with van der Waals surface area (Å²) in [6.07, 6.45) is 1.68. The lowest BCUT2D eigenvalue weighted by Crippen LogP contribution is -2.27. The lowest BCUT2D eigenvalue weighted by molar-refractivity contribution is 0.109. The highest BCUT2D eigenvalue weighted by molar-refractivity contribution is 4.81. The molecule has 0 aromatic heterocycles. The maximum Gasteiger partial charge on any atom is 0.0713 e. The molecule has 0 aromatic rings. The number of ether oxygens (including phenoxy) is 1. The van der Waals surface area contributed by atoms with E-state index in [1.807, 2.05) is 0 Å². The normalized spacial score (nSPS) is 35.1. The largest absolute Gasteiger partial charge is 0.380 e. The van der Waals surface area contributed by atoms with Gasteiger partial charge in [-0.15, -0.1) is 0 Å². The van der Waals surface area contributed by atoms with Gasteiger partial charge in [-0.3, -0.25) is 4.90 Å². The van der Waals surface area contributed by atoms with Gasteiger partial charge in [0, 0.05) is 19.7 Å². The highest BCUT2D eigenvalue weighted by Gasteiger charge is 2.26. The molecule has 2 unspecified atom stereocenters. The molecule has 0 radical (unpaired) electrons. The van der Waals surface area contributed by atoms with Crippen LogP contribution in [0.1, 0.15) is 20.3 Å². The SMILES string of the molecule is CCN1CC(OC)CC1C. The van der Waals surface area contributed by atoms with Crippen LogP contribution < -0.4 is 0 Å². The van der Waals surface area contributed by atoms with Gasteiger partial charge in [-0.2, -0.15) is 0 Å². The Hall–Kier alpha value is -0.0800. The molecule has 1 saturated heterocycles. The Morgan fingerprint density at radius 1 is 1.60 bits per heavy atom. The Balaban J connectivity index is 2.36. The molecule has 1 aliphatic rings. The summed E-state index contributed by atoms with van der Waals surface area (Å²) in [5.74, 6) is 0. The van der Waals surface area contributed by atoms with E-state index in [0.717, 1.165) is 19.1 Å². The summed E-state index contributed by atoms with van der Waals surface area (Å²) in [6, 6.07) is 0.718. The molecule has 0 saturated carbocycles. The molecule has 2 nitrogen and oxygen atoms in total. The molecule has 0 bridgehead atoms. The van der Waals surface area contributed by atoms with Crippen molar-refractivity contribution in [3.8, 4) is 0 Å². The van der Waals surface area contributed by atoms with E-state index in [2.05, 4.69) is 18.7 Å². The molecule has 0 aliphatic carbocycles. The zero-order chi connectivity index (χ0) is 7.56. The van der Waals surface area contributed by atoms with Crippen LogP contribution in [0.4, 0.5) is 0 Å². The van der Waals surface area contributed by atoms with E-state index in [1.165, 1.54) is 6.42 Å². The maximum atomic E-state index is 5.27. The fourth-order valence-electron chi connectivity index (χ4n) is 1.66. The zero-order valence-electron chi connectivity index (χ0n) is 7.13. The average Bonchev–Trinajstić information content (AvgIpc) is 2.30. The molecule has 60 valence electrons. The second-order valence-electron chi connectivity index (χ2n) is 3.03. The van der Waals surface area contributed by atoms with Crippen LogP contribution in [0.2, 0.25) is 0 Å². The average molecular weight is 143 g/mol. The van der Waals surface area contributed by atoms with Crippen molar-refractivity contribution in [2.45, 2.75) is 32.4 Å². The highest BCUT2D eigenvalue weighted by Crippen LogP contribution is 2.18. The van der Waals surface area contributed by atoms with Gasteiger partial charge < -0.3 is 4.74 Å². The van der Waals surface area contributed by atoms with Crippen molar-refractivity contribution in [3.63, 3.8) is 0 Å². The van der Waals surface area contributed by atoms with E-state index in [1.54, 1.807) is 7.11 Å². The molecule has 1 rings (SSSR count). The van der Waals surface area contributed by atoms with E-state index < -0.39 is 0 Å². The van der Waals surface area contributed by atoms with Crippen LogP contribution in [-0.2, 0) is 4.74 Å². The summed E-state index contributed by atoms with van der Waals surface area (Å²) in [7, 11) is 1.80. The second-order valence-corrected chi connectivity index (χ2v) is 3.03. The van der Waals surface area contributed by atoms with Crippen LogP contribution in [0, 0.1) is 0 Å².